The first-order chi connectivity index (χ1) is 9.63. The standard InChI is InChI=1S/C14H22ClNO4S/c1-9(12(17)18)21(19,20)16-8-13-3-10-2-11(4-13)6-14(15,5-10)7-13/h9-11,16H,2-8H2,1H3,(H,17,18). The van der Waals surface area contributed by atoms with Gasteiger partial charge < -0.3 is 5.11 Å². The molecule has 0 amide bonds. The van der Waals surface area contributed by atoms with Gasteiger partial charge in [0.15, 0.2) is 5.25 Å². The number of aliphatic carboxylic acids is 1. The molecule has 0 aromatic rings. The Hall–Kier alpha value is -0.330. The van der Waals surface area contributed by atoms with Crippen molar-refractivity contribution >= 4 is 27.6 Å². The molecule has 3 atom stereocenters. The summed E-state index contributed by atoms with van der Waals surface area (Å²) in [7, 11) is -3.82. The maximum atomic E-state index is 12.0. The number of carbonyl (C=O) groups is 1. The Kier molecular flexibility index (Phi) is 3.58. The number of halogens is 1. The lowest BCUT2D eigenvalue weighted by atomic mass is 9.49. The van der Waals surface area contributed by atoms with Crippen molar-refractivity contribution in [2.45, 2.75) is 55.6 Å². The molecule has 0 heterocycles. The van der Waals surface area contributed by atoms with Crippen LogP contribution < -0.4 is 4.72 Å². The van der Waals surface area contributed by atoms with E-state index in [2.05, 4.69) is 4.72 Å². The summed E-state index contributed by atoms with van der Waals surface area (Å²) in [6.45, 7) is 1.53. The SMILES string of the molecule is CC(C(=O)O)S(=O)(=O)NCC12CC3CC(CC(Cl)(C3)C1)C2. The molecule has 120 valence electrons. The molecule has 5 nitrogen and oxygen atoms in total. The molecule has 4 aliphatic rings. The van der Waals surface area contributed by atoms with Crippen molar-refractivity contribution in [1.29, 1.82) is 0 Å². The van der Waals surface area contributed by atoms with E-state index in [4.69, 9.17) is 16.7 Å². The van der Waals surface area contributed by atoms with Crippen LogP contribution in [-0.2, 0) is 14.8 Å². The van der Waals surface area contributed by atoms with Crippen molar-refractivity contribution in [3.63, 3.8) is 0 Å². The van der Waals surface area contributed by atoms with Crippen molar-refractivity contribution < 1.29 is 18.3 Å². The molecule has 0 saturated heterocycles. The zero-order valence-corrected chi connectivity index (χ0v) is 13.7. The molecule has 4 rings (SSSR count). The molecule has 0 aliphatic heterocycles. The average molecular weight is 336 g/mol. The Morgan fingerprint density at radius 1 is 1.33 bits per heavy atom. The van der Waals surface area contributed by atoms with Gasteiger partial charge in [-0.15, -0.1) is 11.6 Å². The fourth-order valence-electron chi connectivity index (χ4n) is 5.05. The van der Waals surface area contributed by atoms with Gasteiger partial charge in [0.05, 0.1) is 0 Å². The Labute approximate surface area is 130 Å². The summed E-state index contributed by atoms with van der Waals surface area (Å²) in [5.41, 5.74) is -0.0723. The summed E-state index contributed by atoms with van der Waals surface area (Å²) < 4.78 is 26.6. The molecule has 4 aliphatic carbocycles. The van der Waals surface area contributed by atoms with Crippen LogP contribution >= 0.6 is 11.6 Å². The van der Waals surface area contributed by atoms with Crippen molar-refractivity contribution in [3.8, 4) is 0 Å². The third-order valence-electron chi connectivity index (χ3n) is 5.57. The minimum atomic E-state index is -3.82. The highest BCUT2D eigenvalue weighted by molar-refractivity contribution is 7.90. The third kappa shape index (κ3) is 2.82. The first-order valence-corrected chi connectivity index (χ1v) is 9.46. The molecular weight excluding hydrogens is 314 g/mol. The van der Waals surface area contributed by atoms with E-state index in [1.165, 1.54) is 13.3 Å². The molecule has 0 spiro atoms. The summed E-state index contributed by atoms with van der Waals surface area (Å²) in [6, 6.07) is 0. The molecule has 4 saturated carbocycles. The average Bonchev–Trinajstić information content (AvgIpc) is 2.32. The van der Waals surface area contributed by atoms with Crippen LogP contribution in [0.3, 0.4) is 0 Å². The second-order valence-corrected chi connectivity index (χ2v) is 10.3. The third-order valence-corrected chi connectivity index (χ3v) is 7.69. The van der Waals surface area contributed by atoms with E-state index in [1.54, 1.807) is 0 Å². The van der Waals surface area contributed by atoms with Crippen LogP contribution in [0.5, 0.6) is 0 Å². The predicted octanol–water partition coefficient (Wildman–Crippen LogP) is 1.96. The predicted molar refractivity (Wildman–Crippen MR) is 79.7 cm³/mol. The fraction of sp³-hybridized carbons (Fsp3) is 0.929. The van der Waals surface area contributed by atoms with E-state index < -0.39 is 21.2 Å². The summed E-state index contributed by atoms with van der Waals surface area (Å²) in [6.07, 6.45) is 6.19. The molecule has 4 bridgehead atoms. The second-order valence-electron chi connectivity index (χ2n) is 7.46. The zero-order valence-electron chi connectivity index (χ0n) is 12.1. The highest BCUT2D eigenvalue weighted by Gasteiger charge is 2.57. The molecule has 0 aromatic heterocycles. The highest BCUT2D eigenvalue weighted by atomic mass is 35.5. The monoisotopic (exact) mass is 335 g/mol. The fourth-order valence-corrected chi connectivity index (χ4v) is 6.80. The highest BCUT2D eigenvalue weighted by Crippen LogP contribution is 2.63. The van der Waals surface area contributed by atoms with Crippen LogP contribution in [0.2, 0.25) is 0 Å². The van der Waals surface area contributed by atoms with Crippen LogP contribution in [0, 0.1) is 17.3 Å². The Bertz CT molecular complexity index is 547. The van der Waals surface area contributed by atoms with Gasteiger partial charge in [0, 0.05) is 11.4 Å². The van der Waals surface area contributed by atoms with E-state index >= 15 is 0 Å². The number of nitrogens with one attached hydrogen (secondary N) is 1. The summed E-state index contributed by atoms with van der Waals surface area (Å²) >= 11 is 6.71. The summed E-state index contributed by atoms with van der Waals surface area (Å²) in [5, 5.41) is 7.46. The molecule has 7 heteroatoms. The van der Waals surface area contributed by atoms with Crippen LogP contribution in [0.4, 0.5) is 0 Å². The number of hydrogen-bond donors (Lipinski definition) is 2. The van der Waals surface area contributed by atoms with E-state index in [1.807, 2.05) is 0 Å². The number of rotatable bonds is 5. The minimum absolute atomic E-state index is 0.0723. The Balaban J connectivity index is 1.72. The lowest BCUT2D eigenvalue weighted by molar-refractivity contribution is -0.136. The smallest absolute Gasteiger partial charge is 0.323 e. The van der Waals surface area contributed by atoms with Gasteiger partial charge in [-0.25, -0.2) is 13.1 Å². The van der Waals surface area contributed by atoms with Crippen LogP contribution in [0.25, 0.3) is 0 Å². The van der Waals surface area contributed by atoms with Gasteiger partial charge in [-0.2, -0.15) is 0 Å². The largest absolute Gasteiger partial charge is 0.480 e. The van der Waals surface area contributed by atoms with E-state index in [-0.39, 0.29) is 10.3 Å². The quantitative estimate of drug-likeness (QED) is 0.752. The maximum Gasteiger partial charge on any atom is 0.323 e. The molecular formula is C14H22ClNO4S. The first-order valence-electron chi connectivity index (χ1n) is 7.53. The van der Waals surface area contributed by atoms with Gasteiger partial charge in [0.1, 0.15) is 0 Å². The minimum Gasteiger partial charge on any atom is -0.480 e. The summed E-state index contributed by atoms with van der Waals surface area (Å²) in [4.78, 5) is 10.7. The molecule has 0 radical (unpaired) electrons. The van der Waals surface area contributed by atoms with Gasteiger partial charge >= 0.3 is 5.97 Å². The Morgan fingerprint density at radius 2 is 1.90 bits per heavy atom. The first kappa shape index (κ1) is 15.6. The van der Waals surface area contributed by atoms with Crippen LogP contribution in [-0.4, -0.2) is 36.2 Å². The van der Waals surface area contributed by atoms with Crippen LogP contribution in [0.1, 0.15) is 45.4 Å². The Morgan fingerprint density at radius 3 is 2.38 bits per heavy atom. The van der Waals surface area contributed by atoms with Crippen molar-refractivity contribution in [3.05, 3.63) is 0 Å². The number of alkyl halides is 1. The van der Waals surface area contributed by atoms with Gasteiger partial charge in [-0.05, 0) is 62.7 Å². The van der Waals surface area contributed by atoms with Gasteiger partial charge in [-0.3, -0.25) is 4.79 Å². The van der Waals surface area contributed by atoms with Crippen molar-refractivity contribution in [2.75, 3.05) is 6.54 Å². The van der Waals surface area contributed by atoms with Gasteiger partial charge in [0.2, 0.25) is 10.0 Å². The molecule has 4 fully saturated rings. The topological polar surface area (TPSA) is 83.5 Å². The zero-order chi connectivity index (χ0) is 15.5. The lowest BCUT2D eigenvalue weighted by Crippen LogP contribution is -2.57. The van der Waals surface area contributed by atoms with Gasteiger partial charge in [-0.1, -0.05) is 0 Å². The maximum absolute atomic E-state index is 12.0. The van der Waals surface area contributed by atoms with Gasteiger partial charge in [0.25, 0.3) is 0 Å². The normalized spacial score (nSPS) is 43.0. The molecule has 3 unspecified atom stereocenters. The summed E-state index contributed by atoms with van der Waals surface area (Å²) in [5.74, 6) is -0.114. The molecule has 2 N–H and O–H groups in total. The number of carboxylic acids is 1. The van der Waals surface area contributed by atoms with E-state index in [0.29, 0.717) is 18.4 Å². The number of carboxylic acid groups (broad SMARTS) is 1. The molecule has 0 aromatic carbocycles. The van der Waals surface area contributed by atoms with E-state index in [9.17, 15) is 13.2 Å². The molecule has 21 heavy (non-hydrogen) atoms. The van der Waals surface area contributed by atoms with E-state index in [0.717, 1.165) is 32.1 Å². The second kappa shape index (κ2) is 4.83. The number of hydrogen-bond acceptors (Lipinski definition) is 3. The lowest BCUT2D eigenvalue weighted by Gasteiger charge is -2.60. The number of sulfonamides is 1. The van der Waals surface area contributed by atoms with Crippen LogP contribution in [0.15, 0.2) is 0 Å². The van der Waals surface area contributed by atoms with Crippen molar-refractivity contribution in [1.82, 2.24) is 4.72 Å². The van der Waals surface area contributed by atoms with Crippen molar-refractivity contribution in [2.24, 2.45) is 17.3 Å².